The highest BCUT2D eigenvalue weighted by molar-refractivity contribution is 7.89. The monoisotopic (exact) mass is 434 g/mol. The molecule has 4 rings (SSSR count). The quantitative estimate of drug-likeness (QED) is 0.760. The van der Waals surface area contributed by atoms with Crippen molar-refractivity contribution in [3.8, 4) is 0 Å². The number of nitrogens with zero attached hydrogens (tertiary/aromatic N) is 3. The first-order valence-electron chi connectivity index (χ1n) is 9.67. The van der Waals surface area contributed by atoms with Gasteiger partial charge in [0.05, 0.1) is 4.90 Å². The summed E-state index contributed by atoms with van der Waals surface area (Å²) in [6.07, 6.45) is 4.09. The molecule has 1 N–H and O–H groups in total. The molecule has 2 aromatic rings. The number of carbonyl (C=O) groups is 1. The first-order valence-corrected chi connectivity index (χ1v) is 11.1. The van der Waals surface area contributed by atoms with E-state index in [1.165, 1.54) is 34.8 Å². The van der Waals surface area contributed by atoms with Crippen LogP contribution in [0.25, 0.3) is 5.76 Å². The van der Waals surface area contributed by atoms with Gasteiger partial charge in [0, 0.05) is 18.2 Å². The van der Waals surface area contributed by atoms with Gasteiger partial charge < -0.3 is 13.9 Å². The number of benzene rings is 1. The molecule has 1 amide bonds. The summed E-state index contributed by atoms with van der Waals surface area (Å²) in [6.45, 7) is 3.22. The number of sulfonamides is 1. The summed E-state index contributed by atoms with van der Waals surface area (Å²) in [4.78, 5) is 12.6. The second-order valence-electron chi connectivity index (χ2n) is 7.05. The van der Waals surface area contributed by atoms with Crippen molar-refractivity contribution in [3.63, 3.8) is 0 Å². The van der Waals surface area contributed by atoms with Gasteiger partial charge in [-0.25, -0.2) is 8.42 Å². The summed E-state index contributed by atoms with van der Waals surface area (Å²) in [7, 11) is -3.59. The second-order valence-corrected chi connectivity index (χ2v) is 8.94. The smallest absolute Gasteiger partial charge is 0.322 e. The molecule has 0 spiro atoms. The van der Waals surface area contributed by atoms with Crippen LogP contribution in [0.15, 0.2) is 39.8 Å². The van der Waals surface area contributed by atoms with Gasteiger partial charge in [0.1, 0.15) is 19.5 Å². The zero-order chi connectivity index (χ0) is 21.1. The molecule has 2 aliphatic rings. The van der Waals surface area contributed by atoms with E-state index in [-0.39, 0.29) is 34.2 Å². The summed E-state index contributed by atoms with van der Waals surface area (Å²) < 4.78 is 43.1. The van der Waals surface area contributed by atoms with Crippen LogP contribution in [0.3, 0.4) is 0 Å². The number of anilines is 1. The number of carbonyl (C=O) groups excluding carboxylic acids is 1. The van der Waals surface area contributed by atoms with E-state index in [2.05, 4.69) is 15.5 Å². The maximum absolute atomic E-state index is 12.9. The average molecular weight is 434 g/mol. The van der Waals surface area contributed by atoms with E-state index in [1.54, 1.807) is 0 Å². The molecular weight excluding hydrogens is 412 g/mol. The molecule has 1 aromatic carbocycles. The fraction of sp³-hybridized carbons (Fsp3) is 0.421. The first kappa shape index (κ1) is 20.4. The molecule has 10 nitrogen and oxygen atoms in total. The molecule has 1 atom stereocenters. The first-order chi connectivity index (χ1) is 14.4. The van der Waals surface area contributed by atoms with Gasteiger partial charge in [-0.2, -0.15) is 4.31 Å². The molecule has 30 heavy (non-hydrogen) atoms. The van der Waals surface area contributed by atoms with Gasteiger partial charge in [0.25, 0.3) is 11.8 Å². The Kier molecular flexibility index (Phi) is 5.73. The number of ether oxygens (including phenoxy) is 2. The normalized spacial score (nSPS) is 20.0. The number of amides is 1. The Morgan fingerprint density at radius 3 is 2.67 bits per heavy atom. The van der Waals surface area contributed by atoms with Crippen LogP contribution in [-0.2, 0) is 19.5 Å². The number of aromatic nitrogens is 2. The van der Waals surface area contributed by atoms with Crippen molar-refractivity contribution in [2.24, 2.45) is 0 Å². The van der Waals surface area contributed by atoms with Crippen molar-refractivity contribution in [3.05, 3.63) is 42.0 Å². The predicted molar refractivity (Wildman–Crippen MR) is 106 cm³/mol. The van der Waals surface area contributed by atoms with Gasteiger partial charge >= 0.3 is 6.01 Å². The zero-order valence-corrected chi connectivity index (χ0v) is 17.2. The van der Waals surface area contributed by atoms with Gasteiger partial charge in [-0.1, -0.05) is 11.5 Å². The third kappa shape index (κ3) is 4.17. The highest BCUT2D eigenvalue weighted by atomic mass is 32.2. The molecule has 1 aromatic heterocycles. The third-order valence-corrected chi connectivity index (χ3v) is 7.00. The van der Waals surface area contributed by atoms with E-state index in [1.807, 2.05) is 6.92 Å². The van der Waals surface area contributed by atoms with E-state index in [9.17, 15) is 13.2 Å². The summed E-state index contributed by atoms with van der Waals surface area (Å²) in [6, 6.07) is 5.63. The van der Waals surface area contributed by atoms with Crippen molar-refractivity contribution in [2.45, 2.75) is 37.1 Å². The highest BCUT2D eigenvalue weighted by Crippen LogP contribution is 2.25. The molecule has 0 aliphatic carbocycles. The Balaban J connectivity index is 1.44. The molecule has 1 saturated heterocycles. The maximum atomic E-state index is 12.9. The Labute approximate surface area is 173 Å². The molecule has 11 heteroatoms. The lowest BCUT2D eigenvalue weighted by atomic mass is 10.1. The molecule has 2 aliphatic heterocycles. The highest BCUT2D eigenvalue weighted by Gasteiger charge is 2.31. The van der Waals surface area contributed by atoms with Gasteiger partial charge in [-0.15, -0.1) is 5.10 Å². The Morgan fingerprint density at radius 2 is 1.97 bits per heavy atom. The minimum Gasteiger partial charge on any atom is -0.494 e. The summed E-state index contributed by atoms with van der Waals surface area (Å²) in [5, 5.41) is 10.0. The minimum atomic E-state index is -3.59. The molecule has 0 saturated carbocycles. The molecule has 0 radical (unpaired) electrons. The lowest BCUT2D eigenvalue weighted by Gasteiger charge is -2.32. The van der Waals surface area contributed by atoms with Crippen LogP contribution in [0.4, 0.5) is 6.01 Å². The lowest BCUT2D eigenvalue weighted by Crippen LogP contribution is -2.41. The molecule has 0 unspecified atom stereocenters. The van der Waals surface area contributed by atoms with Crippen LogP contribution in [0, 0.1) is 0 Å². The number of rotatable bonds is 5. The van der Waals surface area contributed by atoms with Crippen molar-refractivity contribution < 1.29 is 27.1 Å². The number of piperidine rings is 1. The largest absolute Gasteiger partial charge is 0.494 e. The Bertz CT molecular complexity index is 1050. The van der Waals surface area contributed by atoms with E-state index >= 15 is 0 Å². The standard InChI is InChI=1S/C19H22N4O6S/c1-13-4-2-3-9-23(13)30(25,26)15-7-5-14(6-8-15)17(24)20-19-22-21-18(29-19)16-12-27-10-11-28-16/h5-8,12-13H,2-4,9-11H2,1H3,(H,20,22,24)/t13-/m0/s1. The van der Waals surface area contributed by atoms with Crippen LogP contribution in [0.5, 0.6) is 0 Å². The van der Waals surface area contributed by atoms with E-state index in [0.717, 1.165) is 19.3 Å². The van der Waals surface area contributed by atoms with Gasteiger partial charge in [-0.05, 0) is 44.0 Å². The number of hydrogen-bond acceptors (Lipinski definition) is 8. The minimum absolute atomic E-state index is 0.0351. The molecular formula is C19H22N4O6S. The van der Waals surface area contributed by atoms with E-state index in [4.69, 9.17) is 13.9 Å². The fourth-order valence-corrected chi connectivity index (χ4v) is 5.07. The maximum Gasteiger partial charge on any atom is 0.322 e. The molecule has 0 bridgehead atoms. The van der Waals surface area contributed by atoms with Gasteiger partial charge in [0.15, 0.2) is 0 Å². The predicted octanol–water partition coefficient (Wildman–Crippen LogP) is 2.23. The van der Waals surface area contributed by atoms with Crippen molar-refractivity contribution >= 4 is 27.7 Å². The zero-order valence-electron chi connectivity index (χ0n) is 16.4. The summed E-state index contributed by atoms with van der Waals surface area (Å²) >= 11 is 0. The Morgan fingerprint density at radius 1 is 1.17 bits per heavy atom. The second kappa shape index (κ2) is 8.44. The van der Waals surface area contributed by atoms with Crippen LogP contribution in [0.1, 0.15) is 42.4 Å². The fourth-order valence-electron chi connectivity index (χ4n) is 3.37. The SMILES string of the molecule is C[C@H]1CCCCN1S(=O)(=O)c1ccc(C(=O)Nc2nnc(C3=COCCO3)o2)cc1. The average Bonchev–Trinajstić information content (AvgIpc) is 3.23. The summed E-state index contributed by atoms with van der Waals surface area (Å²) in [5.41, 5.74) is 0.261. The van der Waals surface area contributed by atoms with Crippen LogP contribution in [0.2, 0.25) is 0 Å². The van der Waals surface area contributed by atoms with Crippen LogP contribution >= 0.6 is 0 Å². The third-order valence-electron chi connectivity index (χ3n) is 4.97. The van der Waals surface area contributed by atoms with E-state index < -0.39 is 15.9 Å². The van der Waals surface area contributed by atoms with Gasteiger partial charge in [0.2, 0.25) is 15.8 Å². The molecule has 3 heterocycles. The lowest BCUT2D eigenvalue weighted by molar-refractivity contribution is 0.102. The van der Waals surface area contributed by atoms with Crippen molar-refractivity contribution in [2.75, 3.05) is 25.1 Å². The molecule has 1 fully saturated rings. The number of nitrogens with one attached hydrogen (secondary N) is 1. The Hall–Kier alpha value is -2.92. The topological polar surface area (TPSA) is 124 Å². The van der Waals surface area contributed by atoms with Crippen LogP contribution in [-0.4, -0.2) is 54.6 Å². The van der Waals surface area contributed by atoms with Crippen molar-refractivity contribution in [1.82, 2.24) is 14.5 Å². The number of hydrogen-bond donors (Lipinski definition) is 1. The molecule has 160 valence electrons. The van der Waals surface area contributed by atoms with E-state index in [0.29, 0.717) is 19.8 Å². The van der Waals surface area contributed by atoms with Gasteiger partial charge in [-0.3, -0.25) is 10.1 Å². The summed E-state index contributed by atoms with van der Waals surface area (Å²) in [5.74, 6) is -0.131. The van der Waals surface area contributed by atoms with Crippen molar-refractivity contribution in [1.29, 1.82) is 0 Å². The van der Waals surface area contributed by atoms with Crippen LogP contribution < -0.4 is 5.32 Å².